The Kier molecular flexibility index (Phi) is 4.70. The average molecular weight is 388 g/mol. The van der Waals surface area contributed by atoms with Crippen LogP contribution in [0.1, 0.15) is 30.1 Å². The van der Waals surface area contributed by atoms with Gasteiger partial charge in [-0.05, 0) is 50.0 Å². The third kappa shape index (κ3) is 2.94. The molecule has 0 atom stereocenters. The van der Waals surface area contributed by atoms with E-state index in [4.69, 9.17) is 0 Å². The molecule has 1 fully saturated rings. The van der Waals surface area contributed by atoms with Crippen LogP contribution in [0, 0.1) is 5.92 Å². The minimum absolute atomic E-state index is 0.0885. The fourth-order valence-electron chi connectivity index (χ4n) is 4.18. The fraction of sp³-hybridized carbons (Fsp3) is 0.450. The molecular formula is C20H25N3O3S. The first-order valence-corrected chi connectivity index (χ1v) is 10.9. The van der Waals surface area contributed by atoms with Crippen molar-refractivity contribution in [3.63, 3.8) is 0 Å². The molecule has 1 saturated heterocycles. The molecule has 0 unspecified atom stereocenters. The molecule has 144 valence electrons. The zero-order valence-corrected chi connectivity index (χ0v) is 16.6. The van der Waals surface area contributed by atoms with Crippen molar-refractivity contribution in [2.45, 2.75) is 24.7 Å². The number of anilines is 1. The van der Waals surface area contributed by atoms with Crippen LogP contribution in [0.25, 0.3) is 10.8 Å². The predicted molar refractivity (Wildman–Crippen MR) is 107 cm³/mol. The van der Waals surface area contributed by atoms with Gasteiger partial charge in [-0.1, -0.05) is 19.1 Å². The third-order valence-corrected chi connectivity index (χ3v) is 7.71. The van der Waals surface area contributed by atoms with E-state index in [2.05, 4.69) is 12.2 Å². The summed E-state index contributed by atoms with van der Waals surface area (Å²) in [5.41, 5.74) is 1.35. The second-order valence-electron chi connectivity index (χ2n) is 7.33. The number of piperidine rings is 1. The van der Waals surface area contributed by atoms with Gasteiger partial charge >= 0.3 is 0 Å². The second kappa shape index (κ2) is 6.89. The number of nitrogens with zero attached hydrogens (tertiary/aromatic N) is 2. The third-order valence-electron chi connectivity index (χ3n) is 5.75. The number of carbonyl (C=O) groups is 1. The highest BCUT2D eigenvalue weighted by Gasteiger charge is 2.34. The largest absolute Gasteiger partial charge is 0.317 e. The Bertz CT molecular complexity index is 995. The Labute approximate surface area is 160 Å². The standard InChI is InChI=1S/C20H25N3O3S/c1-3-21-13-14-9-11-23(12-10-14)27(25,26)18-8-7-17-19-15(18)5-4-6-16(19)20(24)22(17)2/h4-8,14,21H,3,9-13H2,1-2H3. The maximum Gasteiger partial charge on any atom is 0.258 e. The van der Waals surface area contributed by atoms with Gasteiger partial charge in [0.15, 0.2) is 0 Å². The summed E-state index contributed by atoms with van der Waals surface area (Å²) in [5.74, 6) is 0.435. The molecule has 0 bridgehead atoms. The zero-order chi connectivity index (χ0) is 19.2. The minimum Gasteiger partial charge on any atom is -0.317 e. The molecule has 0 spiro atoms. The van der Waals surface area contributed by atoms with Crippen molar-refractivity contribution in [2.75, 3.05) is 38.1 Å². The Morgan fingerprint density at radius 3 is 2.59 bits per heavy atom. The summed E-state index contributed by atoms with van der Waals surface area (Å²) in [5, 5.41) is 4.73. The lowest BCUT2D eigenvalue weighted by Gasteiger charge is -2.31. The molecule has 6 nitrogen and oxygen atoms in total. The minimum atomic E-state index is -3.59. The van der Waals surface area contributed by atoms with Gasteiger partial charge in [-0.15, -0.1) is 0 Å². The lowest BCUT2D eigenvalue weighted by molar-refractivity contribution is 0.0999. The highest BCUT2D eigenvalue weighted by Crippen LogP contribution is 2.40. The summed E-state index contributed by atoms with van der Waals surface area (Å²) < 4.78 is 28.3. The van der Waals surface area contributed by atoms with E-state index in [0.29, 0.717) is 34.9 Å². The van der Waals surface area contributed by atoms with E-state index >= 15 is 0 Å². The van der Waals surface area contributed by atoms with E-state index < -0.39 is 10.0 Å². The molecule has 2 aliphatic rings. The number of nitrogens with one attached hydrogen (secondary N) is 1. The number of hydrogen-bond acceptors (Lipinski definition) is 4. The molecule has 0 radical (unpaired) electrons. The first-order chi connectivity index (χ1) is 12.9. The molecule has 7 heteroatoms. The number of hydrogen-bond donors (Lipinski definition) is 1. The van der Waals surface area contributed by atoms with E-state index in [9.17, 15) is 13.2 Å². The van der Waals surface area contributed by atoms with Crippen molar-refractivity contribution in [2.24, 2.45) is 5.92 Å². The number of rotatable bonds is 5. The molecule has 0 saturated carbocycles. The van der Waals surface area contributed by atoms with Crippen LogP contribution in [0.3, 0.4) is 0 Å². The van der Waals surface area contributed by atoms with Gasteiger partial charge in [0.1, 0.15) is 0 Å². The normalized spacial score (nSPS) is 18.6. The van der Waals surface area contributed by atoms with E-state index in [0.717, 1.165) is 37.0 Å². The molecule has 2 aromatic carbocycles. The van der Waals surface area contributed by atoms with Gasteiger partial charge in [-0.25, -0.2) is 8.42 Å². The zero-order valence-electron chi connectivity index (χ0n) is 15.7. The fourth-order valence-corrected chi connectivity index (χ4v) is 5.83. The van der Waals surface area contributed by atoms with E-state index in [1.54, 1.807) is 46.6 Å². The van der Waals surface area contributed by atoms with Crippen LogP contribution in [0.2, 0.25) is 0 Å². The van der Waals surface area contributed by atoms with Crippen LogP contribution in [0.4, 0.5) is 5.69 Å². The van der Waals surface area contributed by atoms with Gasteiger partial charge in [0.05, 0.1) is 10.6 Å². The molecule has 2 aliphatic heterocycles. The van der Waals surface area contributed by atoms with Crippen LogP contribution in [-0.2, 0) is 10.0 Å². The molecule has 2 heterocycles. The topological polar surface area (TPSA) is 69.7 Å². The van der Waals surface area contributed by atoms with Crippen LogP contribution in [-0.4, -0.2) is 51.9 Å². The monoisotopic (exact) mass is 387 g/mol. The summed E-state index contributed by atoms with van der Waals surface area (Å²) in [6, 6.07) is 8.73. The summed E-state index contributed by atoms with van der Waals surface area (Å²) in [7, 11) is -1.87. The van der Waals surface area contributed by atoms with Gasteiger partial charge in [-0.2, -0.15) is 4.31 Å². The Morgan fingerprint density at radius 1 is 1.15 bits per heavy atom. The van der Waals surface area contributed by atoms with Gasteiger partial charge < -0.3 is 10.2 Å². The molecule has 0 aromatic heterocycles. The predicted octanol–water partition coefficient (Wildman–Crippen LogP) is 2.44. The maximum absolute atomic E-state index is 13.3. The van der Waals surface area contributed by atoms with Crippen molar-refractivity contribution in [3.05, 3.63) is 35.9 Å². The molecule has 1 amide bonds. The number of carbonyl (C=O) groups excluding carboxylic acids is 1. The smallest absolute Gasteiger partial charge is 0.258 e. The van der Waals surface area contributed by atoms with Gasteiger partial charge in [0, 0.05) is 36.5 Å². The molecule has 4 rings (SSSR count). The van der Waals surface area contributed by atoms with Crippen LogP contribution in [0.15, 0.2) is 35.2 Å². The first kappa shape index (κ1) is 18.4. The highest BCUT2D eigenvalue weighted by atomic mass is 32.2. The summed E-state index contributed by atoms with van der Waals surface area (Å²) in [6.07, 6.45) is 1.74. The van der Waals surface area contributed by atoms with Gasteiger partial charge in [0.25, 0.3) is 5.91 Å². The molecule has 2 aromatic rings. The molecule has 0 aliphatic carbocycles. The Morgan fingerprint density at radius 2 is 1.89 bits per heavy atom. The van der Waals surface area contributed by atoms with Gasteiger partial charge in [0.2, 0.25) is 10.0 Å². The Balaban J connectivity index is 1.68. The molecular weight excluding hydrogens is 362 g/mol. The van der Waals surface area contributed by atoms with Crippen LogP contribution < -0.4 is 10.2 Å². The lowest BCUT2D eigenvalue weighted by Crippen LogP contribution is -2.40. The number of amides is 1. The quantitative estimate of drug-likeness (QED) is 0.856. The van der Waals surface area contributed by atoms with Crippen molar-refractivity contribution in [3.8, 4) is 0 Å². The average Bonchev–Trinajstić information content (AvgIpc) is 2.93. The maximum atomic E-state index is 13.3. The summed E-state index contributed by atoms with van der Waals surface area (Å²) in [6.45, 7) is 5.05. The van der Waals surface area contributed by atoms with Crippen molar-refractivity contribution < 1.29 is 13.2 Å². The van der Waals surface area contributed by atoms with E-state index in [1.807, 2.05) is 0 Å². The van der Waals surface area contributed by atoms with E-state index in [1.165, 1.54) is 0 Å². The summed E-state index contributed by atoms with van der Waals surface area (Å²) >= 11 is 0. The number of benzene rings is 2. The summed E-state index contributed by atoms with van der Waals surface area (Å²) in [4.78, 5) is 14.3. The Hall–Kier alpha value is -1.96. The van der Waals surface area contributed by atoms with Crippen LogP contribution >= 0.6 is 0 Å². The highest BCUT2D eigenvalue weighted by molar-refractivity contribution is 7.89. The van der Waals surface area contributed by atoms with Crippen molar-refractivity contribution in [1.82, 2.24) is 9.62 Å². The van der Waals surface area contributed by atoms with Crippen LogP contribution in [0.5, 0.6) is 0 Å². The second-order valence-corrected chi connectivity index (χ2v) is 9.24. The molecule has 1 N–H and O–H groups in total. The first-order valence-electron chi connectivity index (χ1n) is 9.49. The molecule has 27 heavy (non-hydrogen) atoms. The van der Waals surface area contributed by atoms with Gasteiger partial charge in [-0.3, -0.25) is 4.79 Å². The van der Waals surface area contributed by atoms with Crippen molar-refractivity contribution >= 4 is 32.4 Å². The lowest BCUT2D eigenvalue weighted by atomic mass is 9.98. The SMILES string of the molecule is CCNCC1CCN(S(=O)(=O)c2ccc3c4c(cccc24)C(=O)N3C)CC1. The van der Waals surface area contributed by atoms with E-state index in [-0.39, 0.29) is 5.91 Å². The number of sulfonamides is 1. The van der Waals surface area contributed by atoms with Crippen molar-refractivity contribution in [1.29, 1.82) is 0 Å².